The maximum atomic E-state index is 12.3. The van der Waals surface area contributed by atoms with Crippen LogP contribution in [0.15, 0.2) is 30.3 Å². The van der Waals surface area contributed by atoms with E-state index in [1.165, 1.54) is 19.3 Å². The van der Waals surface area contributed by atoms with E-state index in [2.05, 4.69) is 10.2 Å². The van der Waals surface area contributed by atoms with Crippen LogP contribution in [0.25, 0.3) is 0 Å². The van der Waals surface area contributed by atoms with Crippen molar-refractivity contribution in [3.63, 3.8) is 0 Å². The highest BCUT2D eigenvalue weighted by Gasteiger charge is 2.34. The van der Waals surface area contributed by atoms with Crippen LogP contribution in [-0.2, 0) is 16.1 Å². The number of nitrogens with zero attached hydrogens (tertiary/aromatic N) is 2. The van der Waals surface area contributed by atoms with E-state index in [0.29, 0.717) is 26.1 Å². The van der Waals surface area contributed by atoms with Crippen molar-refractivity contribution in [3.05, 3.63) is 35.9 Å². The predicted molar refractivity (Wildman–Crippen MR) is 93.3 cm³/mol. The van der Waals surface area contributed by atoms with Crippen molar-refractivity contribution in [2.24, 2.45) is 5.92 Å². The Morgan fingerprint density at radius 1 is 1.12 bits per heavy atom. The summed E-state index contributed by atoms with van der Waals surface area (Å²) in [5.74, 6) is -0.103. The molecule has 2 amide bonds. The molecule has 1 aromatic carbocycles. The van der Waals surface area contributed by atoms with Crippen LogP contribution in [0.1, 0.15) is 31.2 Å². The second-order valence-electron chi connectivity index (χ2n) is 6.85. The van der Waals surface area contributed by atoms with Crippen LogP contribution < -0.4 is 5.32 Å². The number of nitrogens with one attached hydrogen (secondary N) is 1. The number of hydrogen-bond acceptors (Lipinski definition) is 3. The first-order valence-corrected chi connectivity index (χ1v) is 9.04. The second-order valence-corrected chi connectivity index (χ2v) is 6.85. The average Bonchev–Trinajstić information content (AvgIpc) is 2.97. The van der Waals surface area contributed by atoms with Crippen LogP contribution in [0.3, 0.4) is 0 Å². The Kier molecular flexibility index (Phi) is 5.86. The summed E-state index contributed by atoms with van der Waals surface area (Å²) >= 11 is 0. The van der Waals surface area contributed by atoms with Crippen molar-refractivity contribution in [1.82, 2.24) is 15.1 Å². The number of carbonyl (C=O) groups excluding carboxylic acids is 2. The van der Waals surface area contributed by atoms with Gasteiger partial charge in [0.25, 0.3) is 0 Å². The Hall–Kier alpha value is -1.88. The number of benzene rings is 1. The molecule has 0 radical (unpaired) electrons. The zero-order chi connectivity index (χ0) is 16.8. The van der Waals surface area contributed by atoms with E-state index in [4.69, 9.17) is 0 Å². The van der Waals surface area contributed by atoms with E-state index in [0.717, 1.165) is 25.2 Å². The monoisotopic (exact) mass is 329 g/mol. The lowest BCUT2D eigenvalue weighted by molar-refractivity contribution is -0.129. The van der Waals surface area contributed by atoms with Gasteiger partial charge in [-0.2, -0.15) is 0 Å². The lowest BCUT2D eigenvalue weighted by Gasteiger charge is -2.26. The molecule has 3 rings (SSSR count). The molecule has 1 aromatic rings. The van der Waals surface area contributed by atoms with Gasteiger partial charge in [0.05, 0.1) is 5.92 Å². The van der Waals surface area contributed by atoms with Crippen LogP contribution in [0.2, 0.25) is 0 Å². The van der Waals surface area contributed by atoms with Crippen LogP contribution >= 0.6 is 0 Å². The summed E-state index contributed by atoms with van der Waals surface area (Å²) < 4.78 is 0. The van der Waals surface area contributed by atoms with Gasteiger partial charge in [0.1, 0.15) is 0 Å². The Labute approximate surface area is 144 Å². The molecular formula is C19H27N3O2. The highest BCUT2D eigenvalue weighted by Crippen LogP contribution is 2.20. The largest absolute Gasteiger partial charge is 0.355 e. The number of piperidine rings is 1. The molecule has 0 saturated carbocycles. The van der Waals surface area contributed by atoms with Crippen molar-refractivity contribution in [2.75, 3.05) is 32.7 Å². The summed E-state index contributed by atoms with van der Waals surface area (Å²) in [6, 6.07) is 9.94. The zero-order valence-corrected chi connectivity index (χ0v) is 14.2. The molecule has 0 bridgehead atoms. The summed E-state index contributed by atoms with van der Waals surface area (Å²) in [6.07, 6.45) is 4.19. The summed E-state index contributed by atoms with van der Waals surface area (Å²) in [4.78, 5) is 28.7. The summed E-state index contributed by atoms with van der Waals surface area (Å²) in [6.45, 7) is 5.01. The fraction of sp³-hybridized carbons (Fsp3) is 0.579. The van der Waals surface area contributed by atoms with Crippen LogP contribution in [0.4, 0.5) is 0 Å². The Morgan fingerprint density at radius 2 is 1.88 bits per heavy atom. The number of rotatable bonds is 6. The number of carbonyl (C=O) groups is 2. The molecule has 2 aliphatic rings. The Balaban J connectivity index is 1.42. The molecule has 24 heavy (non-hydrogen) atoms. The molecule has 2 saturated heterocycles. The average molecular weight is 329 g/mol. The third-order valence-electron chi connectivity index (χ3n) is 4.98. The molecule has 5 nitrogen and oxygen atoms in total. The van der Waals surface area contributed by atoms with Gasteiger partial charge in [-0.05, 0) is 31.5 Å². The number of amides is 2. The minimum absolute atomic E-state index is 0.0240. The van der Waals surface area contributed by atoms with Crippen molar-refractivity contribution in [1.29, 1.82) is 0 Å². The van der Waals surface area contributed by atoms with Gasteiger partial charge in [0.2, 0.25) is 11.8 Å². The SMILES string of the molecule is O=C(NCCN1CCCCC1)C1CC(=O)N(Cc2ccccc2)C1. The van der Waals surface area contributed by atoms with Crippen LogP contribution in [0.5, 0.6) is 0 Å². The standard InChI is InChI=1S/C19H27N3O2/c23-18-13-17(15-22(18)14-16-7-3-1-4-8-16)19(24)20-9-12-21-10-5-2-6-11-21/h1,3-4,7-8,17H,2,5-6,9-15H2,(H,20,24). The van der Waals surface area contributed by atoms with Crippen molar-refractivity contribution in [3.8, 4) is 0 Å². The molecule has 2 aliphatic heterocycles. The van der Waals surface area contributed by atoms with Gasteiger partial charge in [0, 0.05) is 32.6 Å². The van der Waals surface area contributed by atoms with Crippen LogP contribution in [-0.4, -0.2) is 54.3 Å². The third kappa shape index (κ3) is 4.57. The first-order valence-electron chi connectivity index (χ1n) is 9.04. The highest BCUT2D eigenvalue weighted by molar-refractivity contribution is 5.89. The van der Waals surface area contributed by atoms with E-state index in [-0.39, 0.29) is 17.7 Å². The lowest BCUT2D eigenvalue weighted by atomic mass is 10.1. The first kappa shape index (κ1) is 17.0. The Morgan fingerprint density at radius 3 is 2.62 bits per heavy atom. The first-order chi connectivity index (χ1) is 11.7. The molecule has 2 heterocycles. The molecule has 1 N–H and O–H groups in total. The number of hydrogen-bond donors (Lipinski definition) is 1. The fourth-order valence-corrected chi connectivity index (χ4v) is 3.57. The zero-order valence-electron chi connectivity index (χ0n) is 14.2. The van der Waals surface area contributed by atoms with Gasteiger partial charge in [-0.15, -0.1) is 0 Å². The summed E-state index contributed by atoms with van der Waals surface area (Å²) in [5, 5.41) is 3.02. The van der Waals surface area contributed by atoms with E-state index in [1.807, 2.05) is 30.3 Å². The minimum atomic E-state index is -0.206. The Bertz CT molecular complexity index is 555. The van der Waals surface area contributed by atoms with Gasteiger partial charge in [-0.3, -0.25) is 9.59 Å². The minimum Gasteiger partial charge on any atom is -0.355 e. The molecule has 130 valence electrons. The predicted octanol–water partition coefficient (Wildman–Crippen LogP) is 1.64. The van der Waals surface area contributed by atoms with E-state index in [1.54, 1.807) is 4.90 Å². The van der Waals surface area contributed by atoms with E-state index in [9.17, 15) is 9.59 Å². The topological polar surface area (TPSA) is 52.7 Å². The van der Waals surface area contributed by atoms with Gasteiger partial charge >= 0.3 is 0 Å². The lowest BCUT2D eigenvalue weighted by Crippen LogP contribution is -2.40. The van der Waals surface area contributed by atoms with Crippen molar-refractivity contribution >= 4 is 11.8 Å². The molecule has 1 atom stereocenters. The normalized spacial score (nSPS) is 21.9. The fourth-order valence-electron chi connectivity index (χ4n) is 3.57. The molecule has 0 aromatic heterocycles. The molecule has 5 heteroatoms. The maximum Gasteiger partial charge on any atom is 0.225 e. The highest BCUT2D eigenvalue weighted by atomic mass is 16.2. The van der Waals surface area contributed by atoms with Gasteiger partial charge in [-0.25, -0.2) is 0 Å². The van der Waals surface area contributed by atoms with Gasteiger partial charge in [0.15, 0.2) is 0 Å². The van der Waals surface area contributed by atoms with Gasteiger partial charge in [-0.1, -0.05) is 36.8 Å². The quantitative estimate of drug-likeness (QED) is 0.863. The maximum absolute atomic E-state index is 12.3. The van der Waals surface area contributed by atoms with Gasteiger partial charge < -0.3 is 15.1 Å². The summed E-state index contributed by atoms with van der Waals surface area (Å²) in [7, 11) is 0. The molecule has 0 aliphatic carbocycles. The molecule has 1 unspecified atom stereocenters. The van der Waals surface area contributed by atoms with Crippen molar-refractivity contribution < 1.29 is 9.59 Å². The van der Waals surface area contributed by atoms with E-state index >= 15 is 0 Å². The molecule has 2 fully saturated rings. The van der Waals surface area contributed by atoms with E-state index < -0.39 is 0 Å². The molecular weight excluding hydrogens is 302 g/mol. The van der Waals surface area contributed by atoms with Crippen molar-refractivity contribution in [2.45, 2.75) is 32.2 Å². The smallest absolute Gasteiger partial charge is 0.225 e. The van der Waals surface area contributed by atoms with Crippen LogP contribution in [0, 0.1) is 5.92 Å². The summed E-state index contributed by atoms with van der Waals surface area (Å²) in [5.41, 5.74) is 1.11. The number of likely N-dealkylation sites (tertiary alicyclic amines) is 2. The molecule has 0 spiro atoms. The third-order valence-corrected chi connectivity index (χ3v) is 4.98. The second kappa shape index (κ2) is 8.29.